The van der Waals surface area contributed by atoms with Gasteiger partial charge in [-0.2, -0.15) is 0 Å². The molecule has 0 aliphatic heterocycles. The first-order valence-corrected chi connectivity index (χ1v) is 5.62. The molecule has 2 unspecified atom stereocenters. The van der Waals surface area contributed by atoms with Crippen LogP contribution in [0.3, 0.4) is 0 Å². The Morgan fingerprint density at radius 1 is 0.875 bits per heavy atom. The van der Waals surface area contributed by atoms with Gasteiger partial charge in [0, 0.05) is 7.11 Å². The lowest BCUT2D eigenvalue weighted by atomic mass is 10.3. The minimum Gasteiger partial charge on any atom is -0.391 e. The van der Waals surface area contributed by atoms with Gasteiger partial charge in [-0.3, -0.25) is 0 Å². The maximum atomic E-state index is 9.15. The standard InChI is InChI=1S/C11H24O5/c1-10(12)11(2)16-9-8-15-7-6-14-5-4-13-3/h10-12H,4-9H2,1-3H3. The molecular formula is C11H24O5. The molecule has 0 aliphatic carbocycles. The summed E-state index contributed by atoms with van der Waals surface area (Å²) in [5.41, 5.74) is 0. The molecule has 98 valence electrons. The molecule has 0 saturated heterocycles. The van der Waals surface area contributed by atoms with Gasteiger partial charge in [0.05, 0.1) is 51.8 Å². The summed E-state index contributed by atoms with van der Waals surface area (Å²) in [5.74, 6) is 0. The van der Waals surface area contributed by atoms with Crippen LogP contribution in [0.4, 0.5) is 0 Å². The molecular weight excluding hydrogens is 212 g/mol. The van der Waals surface area contributed by atoms with E-state index < -0.39 is 6.10 Å². The zero-order valence-electron chi connectivity index (χ0n) is 10.5. The third kappa shape index (κ3) is 10.3. The normalized spacial score (nSPS) is 15.0. The van der Waals surface area contributed by atoms with Crippen molar-refractivity contribution in [1.82, 2.24) is 0 Å². The molecule has 0 amide bonds. The van der Waals surface area contributed by atoms with E-state index in [1.807, 2.05) is 6.92 Å². The highest BCUT2D eigenvalue weighted by atomic mass is 16.6. The van der Waals surface area contributed by atoms with Gasteiger partial charge in [0.25, 0.3) is 0 Å². The Labute approximate surface area is 97.6 Å². The van der Waals surface area contributed by atoms with Crippen molar-refractivity contribution in [2.75, 3.05) is 46.8 Å². The first kappa shape index (κ1) is 15.8. The Bertz CT molecular complexity index is 140. The molecule has 1 N–H and O–H groups in total. The monoisotopic (exact) mass is 236 g/mol. The summed E-state index contributed by atoms with van der Waals surface area (Å²) in [6, 6.07) is 0. The molecule has 5 nitrogen and oxygen atoms in total. The largest absolute Gasteiger partial charge is 0.391 e. The quantitative estimate of drug-likeness (QED) is 0.528. The van der Waals surface area contributed by atoms with Crippen molar-refractivity contribution in [1.29, 1.82) is 0 Å². The lowest BCUT2D eigenvalue weighted by Gasteiger charge is -2.15. The van der Waals surface area contributed by atoms with Gasteiger partial charge >= 0.3 is 0 Å². The Morgan fingerprint density at radius 2 is 1.38 bits per heavy atom. The number of hydrogen-bond donors (Lipinski definition) is 1. The first-order chi connectivity index (χ1) is 7.68. The van der Waals surface area contributed by atoms with E-state index in [0.29, 0.717) is 39.6 Å². The van der Waals surface area contributed by atoms with Gasteiger partial charge in [-0.05, 0) is 13.8 Å². The number of hydrogen-bond acceptors (Lipinski definition) is 5. The van der Waals surface area contributed by atoms with Crippen LogP contribution in [0.5, 0.6) is 0 Å². The smallest absolute Gasteiger partial charge is 0.0804 e. The van der Waals surface area contributed by atoms with Gasteiger partial charge in [0.15, 0.2) is 0 Å². The van der Waals surface area contributed by atoms with Crippen molar-refractivity contribution in [2.45, 2.75) is 26.1 Å². The predicted molar refractivity (Wildman–Crippen MR) is 60.6 cm³/mol. The molecule has 0 rings (SSSR count). The summed E-state index contributed by atoms with van der Waals surface area (Å²) in [6.07, 6.45) is -0.598. The number of methoxy groups -OCH3 is 1. The zero-order chi connectivity index (χ0) is 12.2. The van der Waals surface area contributed by atoms with E-state index in [2.05, 4.69) is 0 Å². The van der Waals surface area contributed by atoms with Gasteiger partial charge < -0.3 is 24.1 Å². The predicted octanol–water partition coefficient (Wildman–Crippen LogP) is 0.452. The van der Waals surface area contributed by atoms with Gasteiger partial charge in [-0.15, -0.1) is 0 Å². The molecule has 0 aliphatic rings. The average Bonchev–Trinajstić information content (AvgIpc) is 2.26. The molecule has 0 radical (unpaired) electrons. The highest BCUT2D eigenvalue weighted by Crippen LogP contribution is 1.96. The van der Waals surface area contributed by atoms with E-state index in [4.69, 9.17) is 24.1 Å². The van der Waals surface area contributed by atoms with Gasteiger partial charge in [0.2, 0.25) is 0 Å². The van der Waals surface area contributed by atoms with Crippen molar-refractivity contribution in [3.8, 4) is 0 Å². The lowest BCUT2D eigenvalue weighted by molar-refractivity contribution is -0.0475. The van der Waals surface area contributed by atoms with Crippen molar-refractivity contribution >= 4 is 0 Å². The molecule has 0 saturated carbocycles. The number of aliphatic hydroxyl groups is 1. The van der Waals surface area contributed by atoms with Crippen LogP contribution in [0.1, 0.15) is 13.8 Å². The molecule has 0 aromatic rings. The second-order valence-electron chi connectivity index (χ2n) is 3.53. The molecule has 0 aromatic carbocycles. The number of ether oxygens (including phenoxy) is 4. The van der Waals surface area contributed by atoms with Crippen LogP contribution in [0.15, 0.2) is 0 Å². The first-order valence-electron chi connectivity index (χ1n) is 5.62. The van der Waals surface area contributed by atoms with Gasteiger partial charge in [-0.25, -0.2) is 0 Å². The van der Waals surface area contributed by atoms with Crippen molar-refractivity contribution in [2.24, 2.45) is 0 Å². The van der Waals surface area contributed by atoms with Crippen LogP contribution < -0.4 is 0 Å². The second kappa shape index (κ2) is 11.3. The lowest BCUT2D eigenvalue weighted by Crippen LogP contribution is -2.24. The Balaban J connectivity index is 3.04. The van der Waals surface area contributed by atoms with Crippen LogP contribution in [-0.2, 0) is 18.9 Å². The molecule has 0 bridgehead atoms. The topological polar surface area (TPSA) is 57.2 Å². The maximum Gasteiger partial charge on any atom is 0.0804 e. The maximum absolute atomic E-state index is 9.15. The van der Waals surface area contributed by atoms with Gasteiger partial charge in [0.1, 0.15) is 0 Å². The van der Waals surface area contributed by atoms with E-state index in [1.165, 1.54) is 0 Å². The molecule has 5 heteroatoms. The summed E-state index contributed by atoms with van der Waals surface area (Å²) in [5, 5.41) is 9.15. The highest BCUT2D eigenvalue weighted by molar-refractivity contribution is 4.56. The van der Waals surface area contributed by atoms with Crippen LogP contribution >= 0.6 is 0 Å². The minimum atomic E-state index is -0.447. The van der Waals surface area contributed by atoms with E-state index in [9.17, 15) is 0 Å². The van der Waals surface area contributed by atoms with Crippen LogP contribution in [-0.4, -0.2) is 64.1 Å². The highest BCUT2D eigenvalue weighted by Gasteiger charge is 2.07. The Kier molecular flexibility index (Phi) is 11.1. The third-order valence-electron chi connectivity index (χ3n) is 2.09. The fraction of sp³-hybridized carbons (Fsp3) is 1.00. The van der Waals surface area contributed by atoms with E-state index >= 15 is 0 Å². The molecule has 0 aromatic heterocycles. The fourth-order valence-electron chi connectivity index (χ4n) is 0.896. The molecule has 16 heavy (non-hydrogen) atoms. The molecule has 2 atom stereocenters. The summed E-state index contributed by atoms with van der Waals surface area (Å²) in [4.78, 5) is 0. The SMILES string of the molecule is COCCOCCOCCOC(C)C(C)O. The van der Waals surface area contributed by atoms with Crippen molar-refractivity contribution < 1.29 is 24.1 Å². The van der Waals surface area contributed by atoms with Gasteiger partial charge in [-0.1, -0.05) is 0 Å². The van der Waals surface area contributed by atoms with E-state index in [0.717, 1.165) is 0 Å². The Morgan fingerprint density at radius 3 is 1.88 bits per heavy atom. The van der Waals surface area contributed by atoms with E-state index in [-0.39, 0.29) is 6.10 Å². The summed E-state index contributed by atoms with van der Waals surface area (Å²) in [7, 11) is 1.64. The second-order valence-corrected chi connectivity index (χ2v) is 3.53. The molecule has 0 spiro atoms. The molecule has 0 fully saturated rings. The third-order valence-corrected chi connectivity index (χ3v) is 2.09. The molecule has 0 heterocycles. The van der Waals surface area contributed by atoms with Crippen molar-refractivity contribution in [3.63, 3.8) is 0 Å². The number of rotatable bonds is 11. The number of aliphatic hydroxyl groups excluding tert-OH is 1. The Hall–Kier alpha value is -0.200. The van der Waals surface area contributed by atoms with Crippen LogP contribution in [0.25, 0.3) is 0 Å². The summed E-state index contributed by atoms with van der Waals surface area (Å²) < 4.78 is 20.6. The fourth-order valence-corrected chi connectivity index (χ4v) is 0.896. The zero-order valence-corrected chi connectivity index (χ0v) is 10.5. The summed E-state index contributed by atoms with van der Waals surface area (Å²) in [6.45, 7) is 6.86. The van der Waals surface area contributed by atoms with Crippen LogP contribution in [0, 0.1) is 0 Å². The summed E-state index contributed by atoms with van der Waals surface area (Å²) >= 11 is 0. The van der Waals surface area contributed by atoms with Crippen LogP contribution in [0.2, 0.25) is 0 Å². The van der Waals surface area contributed by atoms with E-state index in [1.54, 1.807) is 14.0 Å². The average molecular weight is 236 g/mol. The minimum absolute atomic E-state index is 0.151. The van der Waals surface area contributed by atoms with Crippen molar-refractivity contribution in [3.05, 3.63) is 0 Å².